The number of nitrogens with one attached hydrogen (secondary N) is 3. The molecule has 11 nitrogen and oxygen atoms in total. The molecular formula is C21H38N4O7S2. The van der Waals surface area contributed by atoms with Gasteiger partial charge in [0.2, 0.25) is 17.7 Å². The maximum Gasteiger partial charge on any atom is 0.326 e. The number of rotatable bonds is 18. The van der Waals surface area contributed by atoms with Gasteiger partial charge in [0.15, 0.2) is 0 Å². The molecule has 4 atom stereocenters. The molecule has 7 N–H and O–H groups in total. The van der Waals surface area contributed by atoms with Crippen LogP contribution >= 0.6 is 23.5 Å². The van der Waals surface area contributed by atoms with Crippen molar-refractivity contribution in [3.63, 3.8) is 0 Å². The second kappa shape index (κ2) is 17.4. The molecular weight excluding hydrogens is 484 g/mol. The Hall–Kier alpha value is -1.99. The molecule has 3 amide bonds. The largest absolute Gasteiger partial charge is 0.481 e. The van der Waals surface area contributed by atoms with E-state index in [1.165, 1.54) is 11.8 Å². The second-order valence-corrected chi connectivity index (χ2v) is 10.2. The molecule has 0 aromatic rings. The van der Waals surface area contributed by atoms with Gasteiger partial charge in [-0.2, -0.15) is 23.5 Å². The van der Waals surface area contributed by atoms with Gasteiger partial charge >= 0.3 is 11.9 Å². The van der Waals surface area contributed by atoms with Crippen molar-refractivity contribution in [2.75, 3.05) is 24.0 Å². The summed E-state index contributed by atoms with van der Waals surface area (Å²) in [5.41, 5.74) is 5.91. The van der Waals surface area contributed by atoms with Gasteiger partial charge in [0.1, 0.15) is 18.1 Å². The zero-order valence-electron chi connectivity index (χ0n) is 20.2. The van der Waals surface area contributed by atoms with Crippen molar-refractivity contribution in [1.82, 2.24) is 16.0 Å². The van der Waals surface area contributed by atoms with Gasteiger partial charge < -0.3 is 31.9 Å². The number of thioether (sulfide) groups is 2. The molecule has 0 aliphatic carbocycles. The van der Waals surface area contributed by atoms with Crippen LogP contribution in [0.5, 0.6) is 0 Å². The Morgan fingerprint density at radius 3 is 1.76 bits per heavy atom. The molecule has 0 saturated heterocycles. The lowest BCUT2D eigenvalue weighted by Crippen LogP contribution is -2.57. The summed E-state index contributed by atoms with van der Waals surface area (Å²) in [6.45, 7) is 3.77. The summed E-state index contributed by atoms with van der Waals surface area (Å²) in [7, 11) is 0. The third kappa shape index (κ3) is 13.7. The molecule has 0 aliphatic rings. The normalized spacial score (nSPS) is 14.5. The first-order chi connectivity index (χ1) is 15.9. The molecule has 196 valence electrons. The minimum atomic E-state index is -1.40. The molecule has 0 radical (unpaired) electrons. The highest BCUT2D eigenvalue weighted by atomic mass is 32.2. The van der Waals surface area contributed by atoms with Gasteiger partial charge in [0, 0.05) is 6.42 Å². The van der Waals surface area contributed by atoms with E-state index in [4.69, 9.17) is 10.8 Å². The number of carbonyl (C=O) groups excluding carboxylic acids is 3. The van der Waals surface area contributed by atoms with E-state index in [1.807, 2.05) is 26.4 Å². The van der Waals surface area contributed by atoms with Crippen LogP contribution in [0.4, 0.5) is 0 Å². The predicted octanol–water partition coefficient (Wildman–Crippen LogP) is 0.270. The van der Waals surface area contributed by atoms with Crippen LogP contribution in [0.2, 0.25) is 0 Å². The Balaban J connectivity index is 5.42. The third-order valence-electron chi connectivity index (χ3n) is 4.81. The molecule has 13 heteroatoms. The zero-order chi connectivity index (χ0) is 26.3. The number of carbonyl (C=O) groups is 5. The Kier molecular flexibility index (Phi) is 16.4. The van der Waals surface area contributed by atoms with Crippen LogP contribution in [-0.2, 0) is 24.0 Å². The lowest BCUT2D eigenvalue weighted by Gasteiger charge is -2.26. The van der Waals surface area contributed by atoms with E-state index in [9.17, 15) is 29.1 Å². The van der Waals surface area contributed by atoms with Gasteiger partial charge in [-0.05, 0) is 55.6 Å². The first-order valence-electron chi connectivity index (χ1n) is 11.0. The number of hydrogen-bond acceptors (Lipinski definition) is 8. The lowest BCUT2D eigenvalue weighted by atomic mass is 10.0. The van der Waals surface area contributed by atoms with Crippen LogP contribution in [-0.4, -0.2) is 88.1 Å². The summed E-state index contributed by atoms with van der Waals surface area (Å²) in [6.07, 6.45) is 3.99. The molecule has 0 fully saturated rings. The lowest BCUT2D eigenvalue weighted by molar-refractivity contribution is -0.143. The van der Waals surface area contributed by atoms with Crippen LogP contribution in [0.3, 0.4) is 0 Å². The van der Waals surface area contributed by atoms with Crippen LogP contribution in [0, 0.1) is 5.92 Å². The number of hydrogen-bond donors (Lipinski definition) is 6. The van der Waals surface area contributed by atoms with Crippen molar-refractivity contribution >= 4 is 53.2 Å². The van der Waals surface area contributed by atoms with Crippen molar-refractivity contribution in [2.24, 2.45) is 11.7 Å². The van der Waals surface area contributed by atoms with Gasteiger partial charge in [-0.15, -0.1) is 0 Å². The Morgan fingerprint density at radius 1 is 0.765 bits per heavy atom. The monoisotopic (exact) mass is 522 g/mol. The quantitative estimate of drug-likeness (QED) is 0.146. The molecule has 0 aliphatic heterocycles. The summed E-state index contributed by atoms with van der Waals surface area (Å²) in [5.74, 6) is -3.05. The second-order valence-electron chi connectivity index (χ2n) is 8.25. The minimum absolute atomic E-state index is 0.0596. The summed E-state index contributed by atoms with van der Waals surface area (Å²) < 4.78 is 0. The molecule has 0 heterocycles. The van der Waals surface area contributed by atoms with Crippen LogP contribution in [0.1, 0.15) is 46.0 Å². The highest BCUT2D eigenvalue weighted by molar-refractivity contribution is 7.98. The van der Waals surface area contributed by atoms with Crippen LogP contribution in [0.25, 0.3) is 0 Å². The summed E-state index contributed by atoms with van der Waals surface area (Å²) in [4.78, 5) is 60.5. The molecule has 34 heavy (non-hydrogen) atoms. The summed E-state index contributed by atoms with van der Waals surface area (Å²) in [6, 6.07) is -4.14. The molecule has 0 saturated carbocycles. The van der Waals surface area contributed by atoms with E-state index in [2.05, 4.69) is 16.0 Å². The fourth-order valence-corrected chi connectivity index (χ4v) is 3.89. The Morgan fingerprint density at radius 2 is 1.26 bits per heavy atom. The Labute approximate surface area is 209 Å². The van der Waals surface area contributed by atoms with Gasteiger partial charge in [-0.3, -0.25) is 19.2 Å². The summed E-state index contributed by atoms with van der Waals surface area (Å²) in [5, 5.41) is 25.7. The van der Waals surface area contributed by atoms with Crippen molar-refractivity contribution in [3.05, 3.63) is 0 Å². The van der Waals surface area contributed by atoms with E-state index < -0.39 is 60.2 Å². The van der Waals surface area contributed by atoms with Gasteiger partial charge in [0.05, 0.1) is 6.04 Å². The fraction of sp³-hybridized carbons (Fsp3) is 0.762. The first-order valence-corrected chi connectivity index (χ1v) is 13.8. The average Bonchev–Trinajstić information content (AvgIpc) is 2.75. The maximum atomic E-state index is 13.0. The third-order valence-corrected chi connectivity index (χ3v) is 6.10. The molecule has 0 aromatic carbocycles. The summed E-state index contributed by atoms with van der Waals surface area (Å²) >= 11 is 3.00. The number of aliphatic carboxylic acids is 2. The van der Waals surface area contributed by atoms with Crippen molar-refractivity contribution in [1.29, 1.82) is 0 Å². The van der Waals surface area contributed by atoms with Gasteiger partial charge in [0.25, 0.3) is 0 Å². The topological polar surface area (TPSA) is 188 Å². The number of amides is 3. The van der Waals surface area contributed by atoms with Gasteiger partial charge in [-0.1, -0.05) is 13.8 Å². The molecule has 0 aromatic heterocycles. The van der Waals surface area contributed by atoms with E-state index in [-0.39, 0.29) is 18.8 Å². The van der Waals surface area contributed by atoms with Crippen molar-refractivity contribution in [2.45, 2.75) is 70.1 Å². The first kappa shape index (κ1) is 32.0. The van der Waals surface area contributed by atoms with E-state index in [0.717, 1.165) is 0 Å². The highest BCUT2D eigenvalue weighted by Gasteiger charge is 2.30. The van der Waals surface area contributed by atoms with Crippen LogP contribution < -0.4 is 21.7 Å². The fourth-order valence-electron chi connectivity index (χ4n) is 2.93. The number of carboxylic acids is 2. The molecule has 4 unspecified atom stereocenters. The number of nitrogens with two attached hydrogens (primary N) is 1. The molecule has 0 rings (SSSR count). The Bertz CT molecular complexity index is 694. The van der Waals surface area contributed by atoms with E-state index in [1.54, 1.807) is 11.8 Å². The van der Waals surface area contributed by atoms with Crippen LogP contribution in [0.15, 0.2) is 0 Å². The molecule has 0 bridgehead atoms. The standard InChI is InChI=1S/C21H38N4O7S2/c1-12(2)11-16(25-18(28)13(22)7-9-33-3)20(30)23-14(8-10-34-4)19(29)24-15(21(31)32)5-6-17(26)27/h12-16H,5-11,22H2,1-4H3,(H,23,30)(H,24,29)(H,25,28)(H,26,27)(H,31,32). The van der Waals surface area contributed by atoms with E-state index in [0.29, 0.717) is 24.3 Å². The maximum absolute atomic E-state index is 13.0. The van der Waals surface area contributed by atoms with E-state index >= 15 is 0 Å². The zero-order valence-corrected chi connectivity index (χ0v) is 21.8. The SMILES string of the molecule is CSCCC(N)C(=O)NC(CC(C)C)C(=O)NC(CCSC)C(=O)NC(CCC(=O)O)C(=O)O. The van der Waals surface area contributed by atoms with Gasteiger partial charge in [-0.25, -0.2) is 4.79 Å². The van der Waals surface area contributed by atoms with Crippen molar-refractivity contribution in [3.8, 4) is 0 Å². The molecule has 0 spiro atoms. The highest BCUT2D eigenvalue weighted by Crippen LogP contribution is 2.09. The predicted molar refractivity (Wildman–Crippen MR) is 134 cm³/mol. The number of carboxylic acid groups (broad SMARTS) is 2. The van der Waals surface area contributed by atoms with Crippen molar-refractivity contribution < 1.29 is 34.2 Å². The minimum Gasteiger partial charge on any atom is -0.481 e. The average molecular weight is 523 g/mol. The smallest absolute Gasteiger partial charge is 0.326 e.